The van der Waals surface area contributed by atoms with Crippen molar-refractivity contribution in [2.24, 2.45) is 11.7 Å². The molecule has 1 unspecified atom stereocenters. The number of para-hydroxylation sites is 1. The van der Waals surface area contributed by atoms with Crippen molar-refractivity contribution >= 4 is 16.8 Å². The van der Waals surface area contributed by atoms with E-state index in [1.54, 1.807) is 0 Å². The third-order valence-electron chi connectivity index (χ3n) is 4.22. The highest BCUT2D eigenvalue weighted by Crippen LogP contribution is 2.20. The van der Waals surface area contributed by atoms with Gasteiger partial charge in [0.2, 0.25) is 5.91 Å². The minimum absolute atomic E-state index is 0.216. The highest BCUT2D eigenvalue weighted by Gasteiger charge is 2.23. The molecule has 20 heavy (non-hydrogen) atoms. The summed E-state index contributed by atoms with van der Waals surface area (Å²) in [5.41, 5.74) is 7.91. The molecular formula is C16H21N3O. The minimum atomic E-state index is 0.216. The number of likely N-dealkylation sites (tertiary alicyclic amines) is 1. The Labute approximate surface area is 118 Å². The number of nitrogens with two attached hydrogens (primary N) is 1. The Morgan fingerprint density at radius 3 is 3.10 bits per heavy atom. The molecule has 0 bridgehead atoms. The number of aromatic nitrogens is 1. The van der Waals surface area contributed by atoms with Crippen molar-refractivity contribution < 1.29 is 4.79 Å². The van der Waals surface area contributed by atoms with Crippen LogP contribution in [0.4, 0.5) is 0 Å². The predicted molar refractivity (Wildman–Crippen MR) is 80.4 cm³/mol. The van der Waals surface area contributed by atoms with Crippen molar-refractivity contribution in [2.45, 2.75) is 19.3 Å². The van der Waals surface area contributed by atoms with E-state index in [1.165, 1.54) is 0 Å². The molecule has 0 aliphatic carbocycles. The highest BCUT2D eigenvalue weighted by atomic mass is 16.2. The molecule has 4 nitrogen and oxygen atoms in total. The summed E-state index contributed by atoms with van der Waals surface area (Å²) in [4.78, 5) is 17.6. The van der Waals surface area contributed by atoms with Gasteiger partial charge < -0.3 is 15.6 Å². The number of aromatic amines is 1. The van der Waals surface area contributed by atoms with Crippen LogP contribution in [-0.2, 0) is 11.2 Å². The number of hydrogen-bond donors (Lipinski definition) is 2. The lowest BCUT2D eigenvalue weighted by Crippen LogP contribution is -2.42. The van der Waals surface area contributed by atoms with Gasteiger partial charge in [0.15, 0.2) is 0 Å². The van der Waals surface area contributed by atoms with E-state index in [0.29, 0.717) is 18.9 Å². The maximum absolute atomic E-state index is 12.4. The van der Waals surface area contributed by atoms with Crippen LogP contribution in [0.5, 0.6) is 0 Å². The summed E-state index contributed by atoms with van der Waals surface area (Å²) in [6, 6.07) is 8.11. The van der Waals surface area contributed by atoms with Gasteiger partial charge in [-0.3, -0.25) is 4.79 Å². The standard InChI is InChI=1S/C16H21N3O/c17-9-12-4-3-7-19(11-12)16(20)8-13-10-18-15-6-2-1-5-14(13)15/h1-2,5-6,10,12,18H,3-4,7-9,11,17H2. The van der Waals surface area contributed by atoms with E-state index >= 15 is 0 Å². The Kier molecular flexibility index (Phi) is 3.74. The second-order valence-corrected chi connectivity index (χ2v) is 5.62. The summed E-state index contributed by atoms with van der Waals surface area (Å²) in [6.45, 7) is 2.37. The molecule has 1 fully saturated rings. The van der Waals surface area contributed by atoms with Crippen LogP contribution in [0.3, 0.4) is 0 Å². The summed E-state index contributed by atoms with van der Waals surface area (Å²) in [5.74, 6) is 0.684. The number of hydrogen-bond acceptors (Lipinski definition) is 2. The molecule has 2 aromatic rings. The lowest BCUT2D eigenvalue weighted by molar-refractivity contribution is -0.132. The molecule has 3 N–H and O–H groups in total. The molecule has 2 heterocycles. The van der Waals surface area contributed by atoms with Crippen molar-refractivity contribution in [2.75, 3.05) is 19.6 Å². The number of amides is 1. The first-order chi connectivity index (χ1) is 9.78. The average Bonchev–Trinajstić information content (AvgIpc) is 2.90. The summed E-state index contributed by atoms with van der Waals surface area (Å²) in [7, 11) is 0. The largest absolute Gasteiger partial charge is 0.361 e. The molecule has 106 valence electrons. The molecule has 1 saturated heterocycles. The van der Waals surface area contributed by atoms with E-state index in [9.17, 15) is 4.79 Å². The summed E-state index contributed by atoms with van der Waals surface area (Å²) in [5, 5.41) is 1.15. The Hall–Kier alpha value is -1.81. The number of H-pyrrole nitrogens is 1. The van der Waals surface area contributed by atoms with Crippen molar-refractivity contribution in [3.63, 3.8) is 0 Å². The van der Waals surface area contributed by atoms with Gasteiger partial charge in [0.05, 0.1) is 6.42 Å². The monoisotopic (exact) mass is 271 g/mol. The normalized spacial score (nSPS) is 19.4. The molecule has 1 aliphatic rings. The molecule has 4 heteroatoms. The van der Waals surface area contributed by atoms with Crippen molar-refractivity contribution in [1.29, 1.82) is 0 Å². The van der Waals surface area contributed by atoms with E-state index in [4.69, 9.17) is 5.73 Å². The fourth-order valence-electron chi connectivity index (χ4n) is 3.04. The van der Waals surface area contributed by atoms with Crippen LogP contribution in [0, 0.1) is 5.92 Å². The van der Waals surface area contributed by atoms with Gasteiger partial charge in [-0.05, 0) is 36.9 Å². The van der Waals surface area contributed by atoms with Crippen LogP contribution < -0.4 is 5.73 Å². The molecule has 1 aromatic heterocycles. The second-order valence-electron chi connectivity index (χ2n) is 5.62. The minimum Gasteiger partial charge on any atom is -0.361 e. The smallest absolute Gasteiger partial charge is 0.227 e. The van der Waals surface area contributed by atoms with Gasteiger partial charge >= 0.3 is 0 Å². The lowest BCUT2D eigenvalue weighted by atomic mass is 9.97. The van der Waals surface area contributed by atoms with Gasteiger partial charge in [0, 0.05) is 30.2 Å². The zero-order valence-corrected chi connectivity index (χ0v) is 11.6. The molecule has 0 spiro atoms. The highest BCUT2D eigenvalue weighted by molar-refractivity contribution is 5.88. The summed E-state index contributed by atoms with van der Waals surface area (Å²) in [6.07, 6.45) is 4.64. The van der Waals surface area contributed by atoms with E-state index in [0.717, 1.165) is 42.4 Å². The van der Waals surface area contributed by atoms with Crippen LogP contribution in [-0.4, -0.2) is 35.4 Å². The number of rotatable bonds is 3. The van der Waals surface area contributed by atoms with Crippen molar-refractivity contribution in [3.05, 3.63) is 36.0 Å². The van der Waals surface area contributed by atoms with Crippen molar-refractivity contribution in [1.82, 2.24) is 9.88 Å². The fraction of sp³-hybridized carbons (Fsp3) is 0.438. The van der Waals surface area contributed by atoms with Gasteiger partial charge in [-0.1, -0.05) is 18.2 Å². The molecular weight excluding hydrogens is 250 g/mol. The van der Waals surface area contributed by atoms with Crippen LogP contribution in [0.1, 0.15) is 18.4 Å². The van der Waals surface area contributed by atoms with Gasteiger partial charge in [0.1, 0.15) is 0 Å². The van der Waals surface area contributed by atoms with E-state index in [2.05, 4.69) is 11.1 Å². The van der Waals surface area contributed by atoms with Gasteiger partial charge in [-0.15, -0.1) is 0 Å². The number of fused-ring (bicyclic) bond motifs is 1. The van der Waals surface area contributed by atoms with Gasteiger partial charge in [-0.25, -0.2) is 0 Å². The molecule has 3 rings (SSSR count). The number of carbonyl (C=O) groups excluding carboxylic acids is 1. The van der Waals surface area contributed by atoms with Gasteiger partial charge in [-0.2, -0.15) is 0 Å². The average molecular weight is 271 g/mol. The zero-order valence-electron chi connectivity index (χ0n) is 11.6. The fourth-order valence-corrected chi connectivity index (χ4v) is 3.04. The number of nitrogens with zero attached hydrogens (tertiary/aromatic N) is 1. The molecule has 1 amide bonds. The quantitative estimate of drug-likeness (QED) is 0.895. The molecule has 1 aliphatic heterocycles. The Morgan fingerprint density at radius 2 is 2.25 bits per heavy atom. The summed E-state index contributed by atoms with van der Waals surface area (Å²) < 4.78 is 0. The van der Waals surface area contributed by atoms with E-state index in [1.807, 2.05) is 29.3 Å². The molecule has 1 atom stereocenters. The maximum Gasteiger partial charge on any atom is 0.227 e. The Bertz CT molecular complexity index is 605. The topological polar surface area (TPSA) is 62.1 Å². The summed E-state index contributed by atoms with van der Waals surface area (Å²) >= 11 is 0. The first-order valence-corrected chi connectivity index (χ1v) is 7.30. The van der Waals surface area contributed by atoms with Crippen LogP contribution in [0.2, 0.25) is 0 Å². The first kappa shape index (κ1) is 13.2. The second kappa shape index (κ2) is 5.67. The van der Waals surface area contributed by atoms with E-state index in [-0.39, 0.29) is 5.91 Å². The molecule has 1 aromatic carbocycles. The van der Waals surface area contributed by atoms with E-state index < -0.39 is 0 Å². The lowest BCUT2D eigenvalue weighted by Gasteiger charge is -2.32. The number of nitrogens with one attached hydrogen (secondary N) is 1. The van der Waals surface area contributed by atoms with Crippen LogP contribution >= 0.6 is 0 Å². The third kappa shape index (κ3) is 2.56. The van der Waals surface area contributed by atoms with Gasteiger partial charge in [0.25, 0.3) is 0 Å². The zero-order chi connectivity index (χ0) is 13.9. The van der Waals surface area contributed by atoms with Crippen LogP contribution in [0.25, 0.3) is 10.9 Å². The maximum atomic E-state index is 12.4. The number of carbonyl (C=O) groups is 1. The van der Waals surface area contributed by atoms with Crippen LogP contribution in [0.15, 0.2) is 30.5 Å². The molecule has 0 saturated carbocycles. The Morgan fingerprint density at radius 1 is 1.40 bits per heavy atom. The molecule has 0 radical (unpaired) electrons. The Balaban J connectivity index is 1.72. The first-order valence-electron chi connectivity index (χ1n) is 7.30. The third-order valence-corrected chi connectivity index (χ3v) is 4.22. The number of benzene rings is 1. The van der Waals surface area contributed by atoms with Crippen molar-refractivity contribution in [3.8, 4) is 0 Å². The SMILES string of the molecule is NCC1CCCN(C(=O)Cc2c[nH]c3ccccc23)C1. The number of piperidine rings is 1. The predicted octanol–water partition coefficient (Wildman–Crippen LogP) is 1.91.